The van der Waals surface area contributed by atoms with Gasteiger partial charge in [-0.15, -0.1) is 0 Å². The minimum absolute atomic E-state index is 0.0681. The van der Waals surface area contributed by atoms with Crippen LogP contribution in [0.4, 0.5) is 0 Å². The first-order chi connectivity index (χ1) is 13.2. The Morgan fingerprint density at radius 2 is 1.89 bits per heavy atom. The lowest BCUT2D eigenvalue weighted by Crippen LogP contribution is -2.30. The Kier molecular flexibility index (Phi) is 6.35. The third-order valence-corrected chi connectivity index (χ3v) is 4.86. The second kappa shape index (κ2) is 8.91. The Morgan fingerprint density at radius 3 is 2.59 bits per heavy atom. The minimum atomic E-state index is -0.0836. The molecule has 0 saturated carbocycles. The topological polar surface area (TPSA) is 48.0 Å². The van der Waals surface area contributed by atoms with Crippen molar-refractivity contribution in [2.24, 2.45) is 0 Å². The van der Waals surface area contributed by atoms with Gasteiger partial charge in [-0.25, -0.2) is 0 Å². The van der Waals surface area contributed by atoms with Crippen molar-refractivity contribution in [2.75, 3.05) is 27.4 Å². The molecule has 0 aromatic heterocycles. The van der Waals surface area contributed by atoms with Gasteiger partial charge < -0.3 is 19.1 Å². The van der Waals surface area contributed by atoms with Gasteiger partial charge in [0, 0.05) is 25.8 Å². The number of hydrogen-bond acceptors (Lipinski definition) is 4. The molecule has 0 saturated heterocycles. The number of carbonyl (C=O) groups excluding carboxylic acids is 1. The number of hydrogen-bond donors (Lipinski definition) is 0. The van der Waals surface area contributed by atoms with Crippen LogP contribution in [0.5, 0.6) is 11.5 Å². The molecule has 1 amide bonds. The lowest BCUT2D eigenvalue weighted by molar-refractivity contribution is 0.0652. The van der Waals surface area contributed by atoms with E-state index in [9.17, 15) is 4.79 Å². The second-order valence-corrected chi connectivity index (χ2v) is 6.65. The van der Waals surface area contributed by atoms with Crippen LogP contribution in [0.1, 0.15) is 47.3 Å². The van der Waals surface area contributed by atoms with Crippen molar-refractivity contribution < 1.29 is 19.0 Å². The highest BCUT2D eigenvalue weighted by molar-refractivity contribution is 5.98. The minimum Gasteiger partial charge on any atom is -0.493 e. The maximum absolute atomic E-state index is 13.0. The molecule has 1 aliphatic rings. The van der Waals surface area contributed by atoms with E-state index in [-0.39, 0.29) is 11.9 Å². The normalized spacial score (nSPS) is 14.2. The number of rotatable bonds is 9. The third kappa shape index (κ3) is 4.08. The Balaban J connectivity index is 1.92. The molecule has 0 aliphatic carbocycles. The molecule has 0 N–H and O–H groups in total. The van der Waals surface area contributed by atoms with Crippen molar-refractivity contribution in [1.82, 2.24) is 4.90 Å². The molecule has 1 unspecified atom stereocenters. The molecule has 2 aromatic rings. The zero-order valence-corrected chi connectivity index (χ0v) is 16.2. The summed E-state index contributed by atoms with van der Waals surface area (Å²) in [6.07, 6.45) is 1.64. The number of methoxy groups -OCH3 is 2. The molecular formula is C22H27NO4. The van der Waals surface area contributed by atoms with Gasteiger partial charge in [-0.2, -0.15) is 0 Å². The van der Waals surface area contributed by atoms with Gasteiger partial charge in [-0.1, -0.05) is 31.2 Å². The molecule has 5 nitrogen and oxygen atoms in total. The highest BCUT2D eigenvalue weighted by Crippen LogP contribution is 2.37. The molecule has 27 heavy (non-hydrogen) atoms. The predicted molar refractivity (Wildman–Crippen MR) is 104 cm³/mol. The zero-order chi connectivity index (χ0) is 19.2. The van der Waals surface area contributed by atoms with Crippen molar-refractivity contribution >= 4 is 5.91 Å². The molecular weight excluding hydrogens is 342 g/mol. The van der Waals surface area contributed by atoms with E-state index in [1.165, 1.54) is 0 Å². The van der Waals surface area contributed by atoms with Crippen molar-refractivity contribution in [1.29, 1.82) is 0 Å². The molecule has 2 aromatic carbocycles. The fourth-order valence-corrected chi connectivity index (χ4v) is 3.49. The van der Waals surface area contributed by atoms with Crippen molar-refractivity contribution in [3.63, 3.8) is 0 Å². The van der Waals surface area contributed by atoms with Crippen molar-refractivity contribution in [3.8, 4) is 11.5 Å². The fourth-order valence-electron chi connectivity index (χ4n) is 3.49. The van der Waals surface area contributed by atoms with Gasteiger partial charge in [0.15, 0.2) is 11.5 Å². The summed E-state index contributed by atoms with van der Waals surface area (Å²) in [6.45, 7) is 3.87. The summed E-state index contributed by atoms with van der Waals surface area (Å²) in [5.41, 5.74) is 2.89. The quantitative estimate of drug-likeness (QED) is 0.664. The largest absolute Gasteiger partial charge is 0.493 e. The van der Waals surface area contributed by atoms with Gasteiger partial charge in [0.2, 0.25) is 0 Å². The van der Waals surface area contributed by atoms with Gasteiger partial charge in [-0.05, 0) is 42.2 Å². The molecule has 1 aliphatic heterocycles. The number of fused-ring (bicyclic) bond motifs is 1. The summed E-state index contributed by atoms with van der Waals surface area (Å²) in [5, 5.41) is 0. The molecule has 5 heteroatoms. The summed E-state index contributed by atoms with van der Waals surface area (Å²) in [6, 6.07) is 13.6. The van der Waals surface area contributed by atoms with Crippen LogP contribution in [-0.2, 0) is 11.3 Å². The molecule has 0 fully saturated rings. The first-order valence-corrected chi connectivity index (χ1v) is 9.38. The van der Waals surface area contributed by atoms with E-state index in [0.717, 1.165) is 29.5 Å². The summed E-state index contributed by atoms with van der Waals surface area (Å²) in [7, 11) is 3.32. The van der Waals surface area contributed by atoms with Gasteiger partial charge in [-0.3, -0.25) is 4.79 Å². The van der Waals surface area contributed by atoms with E-state index in [1.807, 2.05) is 47.4 Å². The van der Waals surface area contributed by atoms with Crippen LogP contribution in [0.2, 0.25) is 0 Å². The highest BCUT2D eigenvalue weighted by atomic mass is 16.5. The van der Waals surface area contributed by atoms with E-state index < -0.39 is 0 Å². The Morgan fingerprint density at radius 1 is 1.07 bits per heavy atom. The molecule has 1 heterocycles. The van der Waals surface area contributed by atoms with Crippen LogP contribution >= 0.6 is 0 Å². The zero-order valence-electron chi connectivity index (χ0n) is 16.2. The van der Waals surface area contributed by atoms with Gasteiger partial charge in [0.25, 0.3) is 5.91 Å². The van der Waals surface area contributed by atoms with Crippen LogP contribution in [0.25, 0.3) is 0 Å². The molecule has 0 spiro atoms. The van der Waals surface area contributed by atoms with Gasteiger partial charge in [0.05, 0.1) is 19.8 Å². The maximum Gasteiger partial charge on any atom is 0.255 e. The van der Waals surface area contributed by atoms with Crippen LogP contribution in [0.15, 0.2) is 42.5 Å². The first kappa shape index (κ1) is 19.2. The number of benzene rings is 2. The van der Waals surface area contributed by atoms with Crippen LogP contribution in [0, 0.1) is 0 Å². The lowest BCUT2D eigenvalue weighted by Gasteiger charge is -2.29. The van der Waals surface area contributed by atoms with E-state index in [4.69, 9.17) is 14.2 Å². The lowest BCUT2D eigenvalue weighted by atomic mass is 10.0. The van der Waals surface area contributed by atoms with E-state index in [0.29, 0.717) is 31.3 Å². The monoisotopic (exact) mass is 369 g/mol. The standard InChI is InChI=1S/C22H27NO4/c1-4-12-27-21-14-16(9-10-20(21)26-3)19(11-13-25-2)23-15-17-7-5-6-8-18(17)22(23)24/h5-10,14,19H,4,11-13,15H2,1-3H3. The molecule has 3 rings (SSSR count). The number of nitrogens with zero attached hydrogens (tertiary/aromatic N) is 1. The number of amides is 1. The average molecular weight is 369 g/mol. The Bertz CT molecular complexity index is 790. The smallest absolute Gasteiger partial charge is 0.255 e. The van der Waals surface area contributed by atoms with Crippen LogP contribution in [-0.4, -0.2) is 38.2 Å². The Hall–Kier alpha value is -2.53. The van der Waals surface area contributed by atoms with E-state index in [1.54, 1.807) is 14.2 Å². The highest BCUT2D eigenvalue weighted by Gasteiger charge is 2.33. The summed E-state index contributed by atoms with van der Waals surface area (Å²) in [4.78, 5) is 14.9. The molecule has 144 valence electrons. The summed E-state index contributed by atoms with van der Waals surface area (Å²) in [5.74, 6) is 1.48. The van der Waals surface area contributed by atoms with Crippen molar-refractivity contribution in [2.45, 2.75) is 32.4 Å². The first-order valence-electron chi connectivity index (χ1n) is 9.38. The van der Waals surface area contributed by atoms with Gasteiger partial charge in [0.1, 0.15) is 0 Å². The predicted octanol–water partition coefficient (Wildman–Crippen LogP) is 4.22. The fraction of sp³-hybridized carbons (Fsp3) is 0.409. The van der Waals surface area contributed by atoms with E-state index >= 15 is 0 Å². The third-order valence-electron chi connectivity index (χ3n) is 4.86. The van der Waals surface area contributed by atoms with E-state index in [2.05, 4.69) is 6.92 Å². The van der Waals surface area contributed by atoms with Gasteiger partial charge >= 0.3 is 0 Å². The molecule has 1 atom stereocenters. The van der Waals surface area contributed by atoms with Crippen LogP contribution in [0.3, 0.4) is 0 Å². The number of ether oxygens (including phenoxy) is 3. The summed E-state index contributed by atoms with van der Waals surface area (Å²) < 4.78 is 16.6. The Labute approximate surface area is 160 Å². The van der Waals surface area contributed by atoms with Crippen molar-refractivity contribution in [3.05, 3.63) is 59.2 Å². The molecule has 0 bridgehead atoms. The average Bonchev–Trinajstić information content (AvgIpc) is 3.03. The second-order valence-electron chi connectivity index (χ2n) is 6.65. The van der Waals surface area contributed by atoms with Crippen LogP contribution < -0.4 is 9.47 Å². The maximum atomic E-state index is 13.0. The summed E-state index contributed by atoms with van der Waals surface area (Å²) >= 11 is 0. The number of carbonyl (C=O) groups is 1. The molecule has 0 radical (unpaired) electrons. The SMILES string of the molecule is CCCOc1cc(C(CCOC)N2Cc3ccccc3C2=O)ccc1OC.